The molecule has 1 saturated carbocycles. The van der Waals surface area contributed by atoms with Crippen LogP contribution >= 0.6 is 11.6 Å². The lowest BCUT2D eigenvalue weighted by atomic mass is 9.73. The highest BCUT2D eigenvalue weighted by molar-refractivity contribution is 6.31. The van der Waals surface area contributed by atoms with Crippen LogP contribution in [0, 0.1) is 18.2 Å². The largest absolute Gasteiger partial charge is 0.493 e. The molecule has 2 aliphatic rings. The van der Waals surface area contributed by atoms with Crippen molar-refractivity contribution in [1.82, 2.24) is 9.80 Å². The van der Waals surface area contributed by atoms with E-state index >= 15 is 0 Å². The van der Waals surface area contributed by atoms with Crippen LogP contribution in [0.25, 0.3) is 0 Å². The lowest BCUT2D eigenvalue weighted by Crippen LogP contribution is -2.52. The van der Waals surface area contributed by atoms with Crippen LogP contribution in [-0.2, 0) is 21.5 Å². The van der Waals surface area contributed by atoms with E-state index in [4.69, 9.17) is 16.3 Å². The number of carbonyl (C=O) groups excluding carboxylic acids is 2. The van der Waals surface area contributed by atoms with Gasteiger partial charge in [0.15, 0.2) is 0 Å². The van der Waals surface area contributed by atoms with Crippen molar-refractivity contribution in [3.05, 3.63) is 100 Å². The molecule has 0 spiro atoms. The molecule has 0 radical (unpaired) electrons. The number of amides is 2. The number of hydrogen-bond donors (Lipinski definition) is 0. The molecule has 0 unspecified atom stereocenters. The first-order valence-electron chi connectivity index (χ1n) is 14.9. The topological polar surface area (TPSA) is 49.9 Å². The first-order chi connectivity index (χ1) is 20.2. The molecule has 1 heterocycles. The number of carbonyl (C=O) groups is 2. The van der Waals surface area contributed by atoms with Crippen molar-refractivity contribution in [2.24, 2.45) is 5.41 Å². The predicted molar refractivity (Wildman–Crippen MR) is 164 cm³/mol. The Balaban J connectivity index is 1.33. The van der Waals surface area contributed by atoms with Gasteiger partial charge in [0.1, 0.15) is 11.6 Å². The molecule has 0 aromatic heterocycles. The van der Waals surface area contributed by atoms with Gasteiger partial charge in [0, 0.05) is 49.1 Å². The molecule has 2 amide bonds. The second kappa shape index (κ2) is 12.9. The van der Waals surface area contributed by atoms with Gasteiger partial charge in [-0.1, -0.05) is 73.0 Å². The van der Waals surface area contributed by atoms with Crippen molar-refractivity contribution in [1.29, 1.82) is 0 Å². The van der Waals surface area contributed by atoms with E-state index in [2.05, 4.69) is 0 Å². The standard InChI is InChI=1S/C35H40ClFN2O3/c1-26-22-28(14-15-30(26)36)42-25-34(23-32(40)38(2)24-27-10-4-3-5-11-27)18-20-39(21-19-34)33(41)35(16-8-9-17-35)29-12-6-7-13-31(29)37/h3-7,10-15,22H,8-9,16-21,23-25H2,1-2H3. The van der Waals surface area contributed by atoms with Crippen molar-refractivity contribution >= 4 is 23.4 Å². The first-order valence-corrected chi connectivity index (χ1v) is 15.3. The molecule has 1 aliphatic heterocycles. The summed E-state index contributed by atoms with van der Waals surface area (Å²) in [6.45, 7) is 3.84. The maximum absolute atomic E-state index is 15.0. The van der Waals surface area contributed by atoms with E-state index in [1.165, 1.54) is 6.07 Å². The normalized spacial score (nSPS) is 17.6. The van der Waals surface area contributed by atoms with Gasteiger partial charge >= 0.3 is 0 Å². The minimum Gasteiger partial charge on any atom is -0.493 e. The van der Waals surface area contributed by atoms with Gasteiger partial charge in [-0.3, -0.25) is 9.59 Å². The van der Waals surface area contributed by atoms with Gasteiger partial charge in [-0.25, -0.2) is 4.39 Å². The molecule has 0 N–H and O–H groups in total. The zero-order valence-electron chi connectivity index (χ0n) is 24.6. The van der Waals surface area contributed by atoms with E-state index in [0.29, 0.717) is 74.7 Å². The van der Waals surface area contributed by atoms with Crippen LogP contribution in [0.3, 0.4) is 0 Å². The van der Waals surface area contributed by atoms with E-state index in [1.54, 1.807) is 17.0 Å². The number of rotatable bonds is 9. The molecular weight excluding hydrogens is 551 g/mol. The summed E-state index contributed by atoms with van der Waals surface area (Å²) in [7, 11) is 1.84. The molecule has 5 nitrogen and oxygen atoms in total. The summed E-state index contributed by atoms with van der Waals surface area (Å²) in [6, 6.07) is 22.3. The Hall–Kier alpha value is -3.38. The number of nitrogens with zero attached hydrogens (tertiary/aromatic N) is 2. The number of ether oxygens (including phenoxy) is 1. The smallest absolute Gasteiger partial charge is 0.233 e. The fraction of sp³-hybridized carbons (Fsp3) is 0.429. The number of aryl methyl sites for hydroxylation is 1. The molecule has 0 atom stereocenters. The third-order valence-electron chi connectivity index (χ3n) is 9.26. The summed E-state index contributed by atoms with van der Waals surface area (Å²) >= 11 is 6.23. The van der Waals surface area contributed by atoms with Crippen LogP contribution in [0.1, 0.15) is 61.6 Å². The highest BCUT2D eigenvalue weighted by atomic mass is 35.5. The van der Waals surface area contributed by atoms with E-state index in [9.17, 15) is 14.0 Å². The van der Waals surface area contributed by atoms with Crippen molar-refractivity contribution in [3.63, 3.8) is 0 Å². The van der Waals surface area contributed by atoms with Crippen molar-refractivity contribution in [2.45, 2.75) is 63.8 Å². The van der Waals surface area contributed by atoms with Crippen LogP contribution < -0.4 is 4.74 Å². The molecule has 0 bridgehead atoms. The fourth-order valence-electron chi connectivity index (χ4n) is 6.63. The van der Waals surface area contributed by atoms with E-state index in [0.717, 1.165) is 24.0 Å². The number of halogens is 2. The maximum Gasteiger partial charge on any atom is 0.233 e. The zero-order valence-corrected chi connectivity index (χ0v) is 25.3. The number of piperidine rings is 1. The Labute approximate surface area is 253 Å². The molecule has 3 aromatic carbocycles. The lowest BCUT2D eigenvalue weighted by molar-refractivity contribution is -0.142. The molecule has 3 aromatic rings. The third kappa shape index (κ3) is 6.49. The predicted octanol–water partition coefficient (Wildman–Crippen LogP) is 7.34. The van der Waals surface area contributed by atoms with E-state index in [-0.39, 0.29) is 17.6 Å². The molecule has 1 saturated heterocycles. The van der Waals surface area contributed by atoms with E-state index < -0.39 is 10.8 Å². The zero-order chi connectivity index (χ0) is 29.7. The number of hydrogen-bond acceptors (Lipinski definition) is 3. The Morgan fingerprint density at radius 3 is 2.29 bits per heavy atom. The summed E-state index contributed by atoms with van der Waals surface area (Å²) in [6.07, 6.45) is 4.73. The molecule has 7 heteroatoms. The fourth-order valence-corrected chi connectivity index (χ4v) is 6.75. The lowest BCUT2D eigenvalue weighted by Gasteiger charge is -2.44. The molecular formula is C35H40ClFN2O3. The second-order valence-electron chi connectivity index (χ2n) is 12.2. The third-order valence-corrected chi connectivity index (χ3v) is 9.68. The van der Waals surface area contributed by atoms with Gasteiger partial charge in [-0.15, -0.1) is 0 Å². The van der Waals surface area contributed by atoms with Crippen molar-refractivity contribution < 1.29 is 18.7 Å². The van der Waals surface area contributed by atoms with Crippen molar-refractivity contribution in [2.75, 3.05) is 26.7 Å². The molecule has 2 fully saturated rings. The molecule has 222 valence electrons. The molecule has 5 rings (SSSR count). The quantitative estimate of drug-likeness (QED) is 0.262. The highest BCUT2D eigenvalue weighted by Gasteiger charge is 2.48. The maximum atomic E-state index is 15.0. The van der Waals surface area contributed by atoms with Crippen molar-refractivity contribution in [3.8, 4) is 5.75 Å². The van der Waals surface area contributed by atoms with Gasteiger partial charge < -0.3 is 14.5 Å². The summed E-state index contributed by atoms with van der Waals surface area (Å²) in [5.41, 5.74) is 1.27. The Kier molecular flexibility index (Phi) is 9.22. The van der Waals surface area contributed by atoms with Crippen LogP contribution in [0.2, 0.25) is 5.02 Å². The molecule has 1 aliphatic carbocycles. The van der Waals surface area contributed by atoms with Gasteiger partial charge in [0.05, 0.1) is 12.0 Å². The summed E-state index contributed by atoms with van der Waals surface area (Å²) in [5.74, 6) is 0.468. The minimum absolute atomic E-state index is 0.0143. The van der Waals surface area contributed by atoms with Crippen LogP contribution in [0.5, 0.6) is 5.75 Å². The summed E-state index contributed by atoms with van der Waals surface area (Å²) in [5, 5.41) is 0.678. The van der Waals surface area contributed by atoms with Crippen LogP contribution in [0.4, 0.5) is 4.39 Å². The van der Waals surface area contributed by atoms with E-state index in [1.807, 2.05) is 73.5 Å². The van der Waals surface area contributed by atoms with Crippen LogP contribution in [0.15, 0.2) is 72.8 Å². The van der Waals surface area contributed by atoms with Gasteiger partial charge in [-0.05, 0) is 68.0 Å². The Morgan fingerprint density at radius 1 is 0.952 bits per heavy atom. The molecule has 42 heavy (non-hydrogen) atoms. The highest BCUT2D eigenvalue weighted by Crippen LogP contribution is 2.45. The van der Waals surface area contributed by atoms with Crippen LogP contribution in [-0.4, -0.2) is 48.4 Å². The SMILES string of the molecule is Cc1cc(OCC2(CC(=O)N(C)Cc3ccccc3)CCN(C(=O)C3(c4ccccc4F)CCCC3)CC2)ccc1Cl. The minimum atomic E-state index is -0.811. The van der Waals surface area contributed by atoms with Gasteiger partial charge in [0.2, 0.25) is 11.8 Å². The summed E-state index contributed by atoms with van der Waals surface area (Å²) < 4.78 is 21.3. The summed E-state index contributed by atoms with van der Waals surface area (Å²) in [4.78, 5) is 31.3. The average Bonchev–Trinajstić information content (AvgIpc) is 3.50. The second-order valence-corrected chi connectivity index (χ2v) is 12.6. The Bertz CT molecular complexity index is 1400. The van der Waals surface area contributed by atoms with Gasteiger partial charge in [-0.2, -0.15) is 0 Å². The first kappa shape index (κ1) is 30.1. The number of likely N-dealkylation sites (tertiary alicyclic amines) is 1. The number of benzene rings is 3. The average molecular weight is 591 g/mol. The van der Waals surface area contributed by atoms with Gasteiger partial charge in [0.25, 0.3) is 0 Å². The monoisotopic (exact) mass is 590 g/mol. The Morgan fingerprint density at radius 2 is 1.62 bits per heavy atom.